The van der Waals surface area contributed by atoms with Gasteiger partial charge in [0.05, 0.1) is 11.3 Å². The first kappa shape index (κ1) is 16.9. The van der Waals surface area contributed by atoms with Crippen molar-refractivity contribution in [3.05, 3.63) is 58.8 Å². The summed E-state index contributed by atoms with van der Waals surface area (Å²) >= 11 is 0. The van der Waals surface area contributed by atoms with Crippen molar-refractivity contribution in [2.45, 2.75) is 6.92 Å². The summed E-state index contributed by atoms with van der Waals surface area (Å²) in [4.78, 5) is 26.2. The van der Waals surface area contributed by atoms with Gasteiger partial charge < -0.3 is 14.2 Å². The van der Waals surface area contributed by atoms with Crippen LogP contribution in [-0.2, 0) is 0 Å². The molecule has 0 radical (unpaired) electrons. The topological polar surface area (TPSA) is 66.9 Å². The fourth-order valence-electron chi connectivity index (χ4n) is 3.63. The van der Waals surface area contributed by atoms with Crippen LogP contribution in [0.2, 0.25) is 0 Å². The van der Waals surface area contributed by atoms with E-state index in [2.05, 4.69) is 32.9 Å². The third kappa shape index (κ3) is 2.93. The molecule has 0 unspecified atom stereocenters. The number of fused-ring (bicyclic) bond motifs is 2. The van der Waals surface area contributed by atoms with Crippen LogP contribution < -0.4 is 10.5 Å². The third-order valence-corrected chi connectivity index (χ3v) is 5.33. The molecule has 1 saturated heterocycles. The molecule has 4 heterocycles. The predicted molar refractivity (Wildman–Crippen MR) is 109 cm³/mol. The molecule has 1 aliphatic heterocycles. The van der Waals surface area contributed by atoms with Crippen LogP contribution >= 0.6 is 0 Å². The first-order valence-electron chi connectivity index (χ1n) is 9.41. The summed E-state index contributed by atoms with van der Waals surface area (Å²) in [6, 6.07) is 9.81. The lowest BCUT2D eigenvalue weighted by atomic mass is 10.1. The molecule has 1 aliphatic rings. The Morgan fingerprint density at radius 3 is 2.68 bits per heavy atom. The van der Waals surface area contributed by atoms with Crippen molar-refractivity contribution in [2.75, 3.05) is 38.1 Å². The molecule has 0 atom stereocenters. The number of benzene rings is 1. The quantitative estimate of drug-likeness (QED) is 0.502. The van der Waals surface area contributed by atoms with Crippen LogP contribution in [0.4, 0.5) is 5.69 Å². The van der Waals surface area contributed by atoms with Gasteiger partial charge in [0.2, 0.25) is 5.78 Å². The molecule has 0 aliphatic carbocycles. The maximum absolute atomic E-state index is 12.7. The summed E-state index contributed by atoms with van der Waals surface area (Å²) in [5, 5.41) is 0.883. The van der Waals surface area contributed by atoms with E-state index in [0.717, 1.165) is 42.9 Å². The Morgan fingerprint density at radius 2 is 1.86 bits per heavy atom. The Labute approximate surface area is 161 Å². The number of hydrogen-bond donors (Lipinski definition) is 0. The smallest absolute Gasteiger partial charge is 0.345 e. The highest BCUT2D eigenvalue weighted by Gasteiger charge is 2.16. The van der Waals surface area contributed by atoms with Crippen LogP contribution in [0.5, 0.6) is 0 Å². The average Bonchev–Trinajstić information content (AvgIpc) is 3.10. The molecule has 4 aromatic rings. The zero-order valence-electron chi connectivity index (χ0n) is 15.9. The van der Waals surface area contributed by atoms with Gasteiger partial charge >= 0.3 is 5.63 Å². The molecule has 0 spiro atoms. The fourth-order valence-corrected chi connectivity index (χ4v) is 3.63. The SMILES string of the molecule is Cc1ccn2cc(-c3cc4ccc(N5CCN(C)CC5)cc4oc3=O)nc2n1. The largest absolute Gasteiger partial charge is 0.422 e. The molecule has 1 fully saturated rings. The molecule has 28 heavy (non-hydrogen) atoms. The van der Waals surface area contributed by atoms with Gasteiger partial charge in [-0.15, -0.1) is 0 Å². The van der Waals surface area contributed by atoms with Crippen molar-refractivity contribution in [3.63, 3.8) is 0 Å². The molecule has 0 bridgehead atoms. The number of aryl methyl sites for hydroxylation is 1. The molecule has 7 heteroatoms. The maximum Gasteiger partial charge on any atom is 0.345 e. The van der Waals surface area contributed by atoms with E-state index < -0.39 is 0 Å². The van der Waals surface area contributed by atoms with E-state index in [1.165, 1.54) is 0 Å². The number of imidazole rings is 1. The summed E-state index contributed by atoms with van der Waals surface area (Å²) < 4.78 is 7.47. The van der Waals surface area contributed by atoms with Gasteiger partial charge in [0.1, 0.15) is 5.58 Å². The lowest BCUT2D eigenvalue weighted by Gasteiger charge is -2.34. The number of nitrogens with zero attached hydrogens (tertiary/aromatic N) is 5. The first-order valence-corrected chi connectivity index (χ1v) is 9.41. The minimum atomic E-state index is -0.386. The Kier molecular flexibility index (Phi) is 3.91. The molecule has 0 N–H and O–H groups in total. The number of anilines is 1. The number of hydrogen-bond acceptors (Lipinski definition) is 6. The molecule has 0 amide bonds. The highest BCUT2D eigenvalue weighted by molar-refractivity contribution is 5.84. The van der Waals surface area contributed by atoms with Crippen molar-refractivity contribution < 1.29 is 4.42 Å². The third-order valence-electron chi connectivity index (χ3n) is 5.33. The molecule has 0 saturated carbocycles. The molecule has 142 valence electrons. The van der Waals surface area contributed by atoms with Crippen LogP contribution in [0.25, 0.3) is 28.0 Å². The summed E-state index contributed by atoms with van der Waals surface area (Å²) in [5.74, 6) is 0.569. The summed E-state index contributed by atoms with van der Waals surface area (Å²) in [6.45, 7) is 5.91. The van der Waals surface area contributed by atoms with E-state index in [1.54, 1.807) is 6.20 Å². The number of rotatable bonds is 2. The predicted octanol–water partition coefficient (Wildman–Crippen LogP) is 2.56. The Hall–Kier alpha value is -3.19. The summed E-state index contributed by atoms with van der Waals surface area (Å²) in [5.41, 5.74) is 3.20. The highest BCUT2D eigenvalue weighted by Crippen LogP contribution is 2.25. The molecular weight excluding hydrogens is 354 g/mol. The molecular formula is C21H21N5O2. The lowest BCUT2D eigenvalue weighted by molar-refractivity contribution is 0.313. The van der Waals surface area contributed by atoms with Crippen LogP contribution in [0.15, 0.2) is 51.9 Å². The van der Waals surface area contributed by atoms with E-state index in [1.807, 2.05) is 41.8 Å². The van der Waals surface area contributed by atoms with Gasteiger partial charge in [0.25, 0.3) is 0 Å². The number of piperazine rings is 1. The number of likely N-dealkylation sites (N-methyl/N-ethyl adjacent to an activating group) is 1. The molecule has 5 rings (SSSR count). The minimum absolute atomic E-state index is 0.386. The van der Waals surface area contributed by atoms with E-state index in [9.17, 15) is 4.79 Å². The van der Waals surface area contributed by atoms with Crippen molar-refractivity contribution in [2.24, 2.45) is 0 Å². The van der Waals surface area contributed by atoms with Gasteiger partial charge in [0, 0.05) is 61.4 Å². The van der Waals surface area contributed by atoms with Crippen molar-refractivity contribution in [3.8, 4) is 11.3 Å². The zero-order chi connectivity index (χ0) is 19.3. The van der Waals surface area contributed by atoms with Crippen molar-refractivity contribution in [1.82, 2.24) is 19.3 Å². The lowest BCUT2D eigenvalue weighted by Crippen LogP contribution is -2.44. The van der Waals surface area contributed by atoms with Gasteiger partial charge in [-0.2, -0.15) is 0 Å². The average molecular weight is 375 g/mol. The van der Waals surface area contributed by atoms with E-state index in [-0.39, 0.29) is 5.63 Å². The van der Waals surface area contributed by atoms with Crippen LogP contribution in [0, 0.1) is 6.92 Å². The first-order chi connectivity index (χ1) is 13.6. The van der Waals surface area contributed by atoms with E-state index >= 15 is 0 Å². The zero-order valence-corrected chi connectivity index (χ0v) is 15.9. The molecule has 7 nitrogen and oxygen atoms in total. The molecule has 1 aromatic carbocycles. The van der Waals surface area contributed by atoms with Crippen LogP contribution in [-0.4, -0.2) is 52.5 Å². The second kappa shape index (κ2) is 6.45. The van der Waals surface area contributed by atoms with Crippen molar-refractivity contribution >= 4 is 22.4 Å². The molecule has 3 aromatic heterocycles. The van der Waals surface area contributed by atoms with E-state index in [0.29, 0.717) is 22.6 Å². The van der Waals surface area contributed by atoms with Gasteiger partial charge in [-0.3, -0.25) is 4.40 Å². The van der Waals surface area contributed by atoms with Gasteiger partial charge in [-0.1, -0.05) is 0 Å². The van der Waals surface area contributed by atoms with E-state index in [4.69, 9.17) is 4.42 Å². The second-order valence-electron chi connectivity index (χ2n) is 7.36. The van der Waals surface area contributed by atoms with Gasteiger partial charge in [0.15, 0.2) is 0 Å². The summed E-state index contributed by atoms with van der Waals surface area (Å²) in [7, 11) is 2.13. The van der Waals surface area contributed by atoms with Crippen LogP contribution in [0.3, 0.4) is 0 Å². The summed E-state index contributed by atoms with van der Waals surface area (Å²) in [6.07, 6.45) is 3.69. The Morgan fingerprint density at radius 1 is 1.04 bits per heavy atom. The standard InChI is InChI=1S/C21H21N5O2/c1-14-5-6-26-13-18(23-21(26)22-14)17-11-15-3-4-16(12-19(15)28-20(17)27)25-9-7-24(2)8-10-25/h3-6,11-13H,7-10H2,1-2H3. The van der Waals surface area contributed by atoms with Gasteiger partial charge in [-0.05, 0) is 38.2 Å². The van der Waals surface area contributed by atoms with Gasteiger partial charge in [-0.25, -0.2) is 14.8 Å². The normalized spacial score (nSPS) is 15.6. The monoisotopic (exact) mass is 375 g/mol. The maximum atomic E-state index is 12.7. The fraction of sp³-hybridized carbons (Fsp3) is 0.286. The minimum Gasteiger partial charge on any atom is -0.422 e. The number of aromatic nitrogens is 3. The Bertz CT molecular complexity index is 1230. The highest BCUT2D eigenvalue weighted by atomic mass is 16.4. The second-order valence-corrected chi connectivity index (χ2v) is 7.36. The Balaban J connectivity index is 1.55. The van der Waals surface area contributed by atoms with Crippen LogP contribution in [0.1, 0.15) is 5.69 Å². The van der Waals surface area contributed by atoms with Crippen molar-refractivity contribution in [1.29, 1.82) is 0 Å².